The summed E-state index contributed by atoms with van der Waals surface area (Å²) in [5.41, 5.74) is 5.53. The van der Waals surface area contributed by atoms with E-state index in [2.05, 4.69) is 0 Å². The molecule has 0 aromatic heterocycles. The molecule has 21 heavy (non-hydrogen) atoms. The summed E-state index contributed by atoms with van der Waals surface area (Å²) in [5.74, 6) is -0.597. The van der Waals surface area contributed by atoms with Gasteiger partial charge in [0.25, 0.3) is 0 Å². The first-order valence-electron chi connectivity index (χ1n) is 6.42. The number of aryl methyl sites for hydroxylation is 1. The van der Waals surface area contributed by atoms with Crippen LogP contribution in [-0.2, 0) is 19.5 Å². The van der Waals surface area contributed by atoms with Gasteiger partial charge in [-0.2, -0.15) is 4.31 Å². The zero-order chi connectivity index (χ0) is 15.8. The van der Waals surface area contributed by atoms with Crippen LogP contribution in [0.1, 0.15) is 5.56 Å². The number of nitrogen functional groups attached to an aromatic ring is 1. The van der Waals surface area contributed by atoms with Gasteiger partial charge in [-0.15, -0.1) is 0 Å². The molecular weight excluding hydrogens is 299 g/mol. The van der Waals surface area contributed by atoms with Crippen LogP contribution in [0.25, 0.3) is 0 Å². The Morgan fingerprint density at radius 1 is 1.24 bits per heavy atom. The second-order valence-corrected chi connectivity index (χ2v) is 6.95. The van der Waals surface area contributed by atoms with Crippen molar-refractivity contribution < 1.29 is 22.3 Å². The first-order valence-corrected chi connectivity index (χ1v) is 7.86. The average molecular weight is 318 g/mol. The van der Waals surface area contributed by atoms with E-state index in [0.29, 0.717) is 0 Å². The van der Waals surface area contributed by atoms with E-state index >= 15 is 0 Å². The van der Waals surface area contributed by atoms with Crippen LogP contribution in [0.15, 0.2) is 17.0 Å². The quantitative estimate of drug-likeness (QED) is 0.829. The normalized spacial score (nSPS) is 23.6. The number of nitrogens with two attached hydrogens (primary N) is 1. The molecule has 0 amide bonds. The van der Waals surface area contributed by atoms with E-state index in [0.717, 1.165) is 6.07 Å². The van der Waals surface area contributed by atoms with E-state index in [1.807, 2.05) is 0 Å². The summed E-state index contributed by atoms with van der Waals surface area (Å²) in [6.45, 7) is 1.85. The van der Waals surface area contributed by atoms with Crippen molar-refractivity contribution in [2.45, 2.75) is 24.0 Å². The molecule has 0 spiro atoms. The van der Waals surface area contributed by atoms with Crippen LogP contribution >= 0.6 is 0 Å². The minimum atomic E-state index is -3.76. The second kappa shape index (κ2) is 5.88. The summed E-state index contributed by atoms with van der Waals surface area (Å²) in [4.78, 5) is -0.0227. The fraction of sp³-hybridized carbons (Fsp3) is 0.538. The molecule has 2 unspecified atom stereocenters. The van der Waals surface area contributed by atoms with Gasteiger partial charge >= 0.3 is 0 Å². The van der Waals surface area contributed by atoms with Crippen molar-refractivity contribution in [2.24, 2.45) is 0 Å². The minimum absolute atomic E-state index is 0.0227. The predicted octanol–water partition coefficient (Wildman–Crippen LogP) is 0.751. The Kier molecular flexibility index (Phi) is 4.52. The zero-order valence-corrected chi connectivity index (χ0v) is 13.0. The van der Waals surface area contributed by atoms with Gasteiger partial charge in [-0.3, -0.25) is 0 Å². The molecule has 1 aliphatic heterocycles. The van der Waals surface area contributed by atoms with Crippen LogP contribution in [0.5, 0.6) is 0 Å². The molecular formula is C13H19FN2O4S. The van der Waals surface area contributed by atoms with Crippen LogP contribution < -0.4 is 5.73 Å². The van der Waals surface area contributed by atoms with E-state index in [1.54, 1.807) is 0 Å². The fourth-order valence-electron chi connectivity index (χ4n) is 2.42. The van der Waals surface area contributed by atoms with Gasteiger partial charge in [0, 0.05) is 27.3 Å². The highest BCUT2D eigenvalue weighted by molar-refractivity contribution is 7.89. The summed E-state index contributed by atoms with van der Waals surface area (Å²) in [6.07, 6.45) is -0.660. The van der Waals surface area contributed by atoms with Crippen molar-refractivity contribution in [3.05, 3.63) is 23.5 Å². The molecule has 0 bridgehead atoms. The van der Waals surface area contributed by atoms with Gasteiger partial charge in [0.05, 0.1) is 22.8 Å². The molecule has 1 heterocycles. The van der Waals surface area contributed by atoms with Gasteiger partial charge in [0.2, 0.25) is 10.0 Å². The largest absolute Gasteiger partial charge is 0.396 e. The van der Waals surface area contributed by atoms with E-state index in [-0.39, 0.29) is 41.4 Å². The highest BCUT2D eigenvalue weighted by Crippen LogP contribution is 2.27. The smallest absolute Gasteiger partial charge is 0.243 e. The maximum atomic E-state index is 13.5. The molecule has 6 nitrogen and oxygen atoms in total. The lowest BCUT2D eigenvalue weighted by Gasteiger charge is -2.17. The Hall–Kier alpha value is -1.22. The molecule has 1 aromatic rings. The van der Waals surface area contributed by atoms with E-state index < -0.39 is 15.8 Å². The highest BCUT2D eigenvalue weighted by Gasteiger charge is 2.40. The van der Waals surface area contributed by atoms with Gasteiger partial charge in [0.1, 0.15) is 5.82 Å². The van der Waals surface area contributed by atoms with Crippen LogP contribution in [-0.4, -0.2) is 52.2 Å². The summed E-state index contributed by atoms with van der Waals surface area (Å²) < 4.78 is 50.5. The molecule has 0 saturated carbocycles. The molecule has 0 radical (unpaired) electrons. The molecule has 1 saturated heterocycles. The third-order valence-electron chi connectivity index (χ3n) is 3.68. The summed E-state index contributed by atoms with van der Waals surface area (Å²) in [6, 6.07) is 2.42. The number of benzene rings is 1. The number of hydrogen-bond acceptors (Lipinski definition) is 5. The Morgan fingerprint density at radius 3 is 2.19 bits per heavy atom. The van der Waals surface area contributed by atoms with Gasteiger partial charge < -0.3 is 15.2 Å². The SMILES string of the molecule is COC1CN(S(=O)(=O)c2cc(C)c(F)c(N)c2)CC1OC. The lowest BCUT2D eigenvalue weighted by Crippen LogP contribution is -2.30. The molecule has 1 aromatic carbocycles. The van der Waals surface area contributed by atoms with Crippen molar-refractivity contribution in [3.8, 4) is 0 Å². The number of halogens is 1. The monoisotopic (exact) mass is 318 g/mol. The maximum Gasteiger partial charge on any atom is 0.243 e. The van der Waals surface area contributed by atoms with Crippen molar-refractivity contribution in [1.82, 2.24) is 4.31 Å². The predicted molar refractivity (Wildman–Crippen MR) is 75.9 cm³/mol. The molecule has 1 fully saturated rings. The molecule has 1 aliphatic rings. The maximum absolute atomic E-state index is 13.5. The molecule has 118 valence electrons. The molecule has 2 atom stereocenters. The third-order valence-corrected chi connectivity index (χ3v) is 5.49. The summed E-state index contributed by atoms with van der Waals surface area (Å²) in [7, 11) is -0.746. The van der Waals surface area contributed by atoms with E-state index in [4.69, 9.17) is 15.2 Å². The standard InChI is InChI=1S/C13H19FN2O4S/c1-8-4-9(5-10(15)13(8)14)21(17,18)16-6-11(19-2)12(7-16)20-3/h4-5,11-12H,6-7,15H2,1-3H3. The molecule has 0 aliphatic carbocycles. The molecule has 8 heteroatoms. The van der Waals surface area contributed by atoms with Crippen LogP contribution in [0.2, 0.25) is 0 Å². The number of methoxy groups -OCH3 is 2. The summed E-state index contributed by atoms with van der Waals surface area (Å²) >= 11 is 0. The third kappa shape index (κ3) is 2.89. The van der Waals surface area contributed by atoms with Crippen molar-refractivity contribution in [1.29, 1.82) is 0 Å². The fourth-order valence-corrected chi connectivity index (χ4v) is 4.01. The average Bonchev–Trinajstić information content (AvgIpc) is 2.88. The molecule has 2 rings (SSSR count). The minimum Gasteiger partial charge on any atom is -0.396 e. The number of ether oxygens (including phenoxy) is 2. The van der Waals surface area contributed by atoms with Gasteiger partial charge in [0.15, 0.2) is 0 Å². The first-order chi connectivity index (χ1) is 9.81. The van der Waals surface area contributed by atoms with Gasteiger partial charge in [-0.05, 0) is 24.6 Å². The zero-order valence-electron chi connectivity index (χ0n) is 12.2. The van der Waals surface area contributed by atoms with Crippen molar-refractivity contribution >= 4 is 15.7 Å². The summed E-state index contributed by atoms with van der Waals surface area (Å²) in [5, 5.41) is 0. The number of nitrogens with zero attached hydrogens (tertiary/aromatic N) is 1. The van der Waals surface area contributed by atoms with Crippen LogP contribution in [0.3, 0.4) is 0 Å². The lowest BCUT2D eigenvalue weighted by molar-refractivity contribution is -0.00461. The van der Waals surface area contributed by atoms with Gasteiger partial charge in [-0.1, -0.05) is 0 Å². The highest BCUT2D eigenvalue weighted by atomic mass is 32.2. The second-order valence-electron chi connectivity index (χ2n) is 5.01. The number of sulfonamides is 1. The topological polar surface area (TPSA) is 81.9 Å². The number of hydrogen-bond donors (Lipinski definition) is 1. The lowest BCUT2D eigenvalue weighted by atomic mass is 10.2. The first kappa shape index (κ1) is 16.2. The Balaban J connectivity index is 2.35. The van der Waals surface area contributed by atoms with Gasteiger partial charge in [-0.25, -0.2) is 12.8 Å². The Morgan fingerprint density at radius 2 is 1.76 bits per heavy atom. The van der Waals surface area contributed by atoms with Crippen molar-refractivity contribution in [2.75, 3.05) is 33.0 Å². The number of anilines is 1. The van der Waals surface area contributed by atoms with E-state index in [9.17, 15) is 12.8 Å². The van der Waals surface area contributed by atoms with Crippen molar-refractivity contribution in [3.63, 3.8) is 0 Å². The Bertz CT molecular complexity index is 600. The Labute approximate surface area is 123 Å². The number of rotatable bonds is 4. The van der Waals surface area contributed by atoms with Crippen LogP contribution in [0.4, 0.5) is 10.1 Å². The molecule has 2 N–H and O–H groups in total. The van der Waals surface area contributed by atoms with Crippen LogP contribution in [0, 0.1) is 12.7 Å². The van der Waals surface area contributed by atoms with E-state index in [1.165, 1.54) is 31.5 Å².